The summed E-state index contributed by atoms with van der Waals surface area (Å²) in [6.07, 6.45) is 3.59. The molecule has 0 amide bonds. The first-order valence-corrected chi connectivity index (χ1v) is 9.30. The predicted molar refractivity (Wildman–Crippen MR) is 104 cm³/mol. The first kappa shape index (κ1) is 17.7. The van der Waals surface area contributed by atoms with Gasteiger partial charge in [0, 0.05) is 17.6 Å². The van der Waals surface area contributed by atoms with E-state index in [1.54, 1.807) is 6.07 Å². The van der Waals surface area contributed by atoms with Crippen LogP contribution in [0, 0.1) is 23.6 Å². The third kappa shape index (κ3) is 4.73. The lowest BCUT2D eigenvalue weighted by Gasteiger charge is -2.22. The van der Waals surface area contributed by atoms with Gasteiger partial charge in [-0.15, -0.1) is 0 Å². The van der Waals surface area contributed by atoms with Gasteiger partial charge in [-0.05, 0) is 67.6 Å². The van der Waals surface area contributed by atoms with Crippen molar-refractivity contribution in [3.05, 3.63) is 65.2 Å². The van der Waals surface area contributed by atoms with Gasteiger partial charge in [-0.1, -0.05) is 18.1 Å². The number of pyridine rings is 1. The summed E-state index contributed by atoms with van der Waals surface area (Å²) in [7, 11) is 0. The van der Waals surface area contributed by atoms with E-state index in [1.165, 1.54) is 25.1 Å². The summed E-state index contributed by atoms with van der Waals surface area (Å²) in [4.78, 5) is 7.10. The minimum atomic E-state index is -0.348. The van der Waals surface area contributed by atoms with Crippen LogP contribution in [0.15, 0.2) is 42.6 Å². The fourth-order valence-electron chi connectivity index (χ4n) is 3.27. The average molecular weight is 363 g/mol. The molecule has 0 spiro atoms. The van der Waals surface area contributed by atoms with E-state index in [0.29, 0.717) is 18.2 Å². The Bertz CT molecular complexity index is 963. The molecule has 1 aliphatic heterocycles. The van der Waals surface area contributed by atoms with Gasteiger partial charge >= 0.3 is 0 Å². The molecule has 0 aliphatic carbocycles. The monoisotopic (exact) mass is 363 g/mol. The molecule has 3 heterocycles. The van der Waals surface area contributed by atoms with Gasteiger partial charge in [-0.3, -0.25) is 0 Å². The van der Waals surface area contributed by atoms with Crippen molar-refractivity contribution in [2.24, 2.45) is 5.92 Å². The fraction of sp³-hybridized carbons (Fsp3) is 0.318. The number of benzene rings is 1. The second-order valence-electron chi connectivity index (χ2n) is 6.93. The quantitative estimate of drug-likeness (QED) is 0.696. The number of nitrogens with zero attached hydrogens (tertiary/aromatic N) is 1. The SMILES string of the molecule is Fc1cnc2[nH]c(C#Cc3ccc(COCC4CCNCC4)cc3)cc2c1. The van der Waals surface area contributed by atoms with Crippen molar-refractivity contribution >= 4 is 11.0 Å². The van der Waals surface area contributed by atoms with Crippen LogP contribution in [0.2, 0.25) is 0 Å². The highest BCUT2D eigenvalue weighted by atomic mass is 19.1. The Hall–Kier alpha value is -2.68. The van der Waals surface area contributed by atoms with Crippen LogP contribution in [-0.2, 0) is 11.3 Å². The molecule has 0 radical (unpaired) electrons. The number of H-pyrrole nitrogens is 1. The number of aromatic amines is 1. The first-order valence-electron chi connectivity index (χ1n) is 9.30. The molecule has 5 heteroatoms. The van der Waals surface area contributed by atoms with E-state index in [2.05, 4.69) is 39.3 Å². The second kappa shape index (κ2) is 8.34. The van der Waals surface area contributed by atoms with Crippen LogP contribution in [0.4, 0.5) is 4.39 Å². The number of hydrogen-bond donors (Lipinski definition) is 2. The minimum absolute atomic E-state index is 0.348. The molecule has 0 unspecified atom stereocenters. The molecule has 2 N–H and O–H groups in total. The lowest BCUT2D eigenvalue weighted by molar-refractivity contribution is 0.0763. The molecule has 138 valence electrons. The number of piperidine rings is 1. The van der Waals surface area contributed by atoms with Crippen LogP contribution in [0.25, 0.3) is 11.0 Å². The van der Waals surface area contributed by atoms with Crippen LogP contribution in [0.5, 0.6) is 0 Å². The van der Waals surface area contributed by atoms with Gasteiger partial charge in [0.1, 0.15) is 11.5 Å². The molecule has 4 nitrogen and oxygen atoms in total. The number of rotatable bonds is 4. The van der Waals surface area contributed by atoms with Crippen molar-refractivity contribution in [1.29, 1.82) is 0 Å². The van der Waals surface area contributed by atoms with Crippen LogP contribution < -0.4 is 5.32 Å². The van der Waals surface area contributed by atoms with E-state index >= 15 is 0 Å². The number of aromatic nitrogens is 2. The van der Waals surface area contributed by atoms with Crippen LogP contribution >= 0.6 is 0 Å². The Labute approximate surface area is 158 Å². The third-order valence-corrected chi connectivity index (χ3v) is 4.81. The average Bonchev–Trinajstić information content (AvgIpc) is 3.10. The Morgan fingerprint density at radius 1 is 1.11 bits per heavy atom. The number of ether oxygens (including phenoxy) is 1. The summed E-state index contributed by atoms with van der Waals surface area (Å²) >= 11 is 0. The van der Waals surface area contributed by atoms with Crippen LogP contribution in [-0.4, -0.2) is 29.7 Å². The third-order valence-electron chi connectivity index (χ3n) is 4.81. The highest BCUT2D eigenvalue weighted by molar-refractivity contribution is 5.77. The van der Waals surface area contributed by atoms with Crippen LogP contribution in [0.3, 0.4) is 0 Å². The zero-order chi connectivity index (χ0) is 18.5. The Balaban J connectivity index is 1.34. The largest absolute Gasteiger partial charge is 0.376 e. The number of halogens is 1. The summed E-state index contributed by atoms with van der Waals surface area (Å²) in [6, 6.07) is 11.3. The first-order chi connectivity index (χ1) is 13.3. The topological polar surface area (TPSA) is 49.9 Å². The second-order valence-corrected chi connectivity index (χ2v) is 6.93. The van der Waals surface area contributed by atoms with E-state index in [-0.39, 0.29) is 5.82 Å². The molecule has 27 heavy (non-hydrogen) atoms. The summed E-state index contributed by atoms with van der Waals surface area (Å²) < 4.78 is 19.1. The van der Waals surface area contributed by atoms with Crippen molar-refractivity contribution in [2.75, 3.05) is 19.7 Å². The summed E-state index contributed by atoms with van der Waals surface area (Å²) in [6.45, 7) is 3.67. The number of hydrogen-bond acceptors (Lipinski definition) is 3. The van der Waals surface area contributed by atoms with Crippen molar-refractivity contribution < 1.29 is 9.13 Å². The Kier molecular flexibility index (Phi) is 5.47. The van der Waals surface area contributed by atoms with E-state index in [0.717, 1.165) is 41.9 Å². The van der Waals surface area contributed by atoms with Gasteiger partial charge in [0.25, 0.3) is 0 Å². The molecule has 1 saturated heterocycles. The van der Waals surface area contributed by atoms with Crippen molar-refractivity contribution in [3.63, 3.8) is 0 Å². The lowest BCUT2D eigenvalue weighted by Crippen LogP contribution is -2.29. The van der Waals surface area contributed by atoms with Gasteiger partial charge < -0.3 is 15.0 Å². The highest BCUT2D eigenvalue weighted by Gasteiger charge is 2.12. The number of nitrogens with one attached hydrogen (secondary N) is 2. The van der Waals surface area contributed by atoms with E-state index in [4.69, 9.17) is 4.74 Å². The lowest BCUT2D eigenvalue weighted by atomic mass is 9.99. The van der Waals surface area contributed by atoms with E-state index in [1.807, 2.05) is 12.1 Å². The molecular weight excluding hydrogens is 341 g/mol. The fourth-order valence-corrected chi connectivity index (χ4v) is 3.27. The maximum absolute atomic E-state index is 13.2. The van der Waals surface area contributed by atoms with E-state index in [9.17, 15) is 4.39 Å². The van der Waals surface area contributed by atoms with Gasteiger partial charge in [-0.25, -0.2) is 9.37 Å². The zero-order valence-corrected chi connectivity index (χ0v) is 15.1. The van der Waals surface area contributed by atoms with Crippen molar-refractivity contribution in [1.82, 2.24) is 15.3 Å². The predicted octanol–water partition coefficient (Wildman–Crippen LogP) is 3.62. The molecule has 2 aromatic heterocycles. The zero-order valence-electron chi connectivity index (χ0n) is 15.1. The van der Waals surface area contributed by atoms with Gasteiger partial charge in [0.15, 0.2) is 0 Å². The molecule has 0 bridgehead atoms. The Morgan fingerprint density at radius 2 is 1.93 bits per heavy atom. The van der Waals surface area contributed by atoms with Crippen LogP contribution in [0.1, 0.15) is 29.7 Å². The standard InChI is InChI=1S/C22H22FN3O/c23-20-11-19-12-21(26-22(19)25-13-20)6-5-16-1-3-17(4-2-16)14-27-15-18-7-9-24-10-8-18/h1-4,11-13,18,24H,7-10,14-15H2,(H,25,26). The summed E-state index contributed by atoms with van der Waals surface area (Å²) in [5, 5.41) is 4.09. The van der Waals surface area contributed by atoms with Gasteiger partial charge in [0.2, 0.25) is 0 Å². The molecule has 0 saturated carbocycles. The Morgan fingerprint density at radius 3 is 2.74 bits per heavy atom. The maximum Gasteiger partial charge on any atom is 0.142 e. The molecule has 1 aliphatic rings. The summed E-state index contributed by atoms with van der Waals surface area (Å²) in [5.41, 5.74) is 3.44. The van der Waals surface area contributed by atoms with Gasteiger partial charge in [0.05, 0.1) is 18.5 Å². The van der Waals surface area contributed by atoms with Crippen molar-refractivity contribution in [2.45, 2.75) is 19.4 Å². The molecule has 4 rings (SSSR count). The molecule has 1 fully saturated rings. The smallest absolute Gasteiger partial charge is 0.142 e. The molecular formula is C22H22FN3O. The van der Waals surface area contributed by atoms with E-state index < -0.39 is 0 Å². The minimum Gasteiger partial charge on any atom is -0.376 e. The van der Waals surface area contributed by atoms with Crippen molar-refractivity contribution in [3.8, 4) is 11.8 Å². The normalized spacial score (nSPS) is 14.9. The maximum atomic E-state index is 13.2. The van der Waals surface area contributed by atoms with Gasteiger partial charge in [-0.2, -0.15) is 0 Å². The summed E-state index contributed by atoms with van der Waals surface area (Å²) in [5.74, 6) is 6.52. The molecule has 0 atom stereocenters. The highest BCUT2D eigenvalue weighted by Crippen LogP contribution is 2.15. The molecule has 3 aromatic rings. The number of fused-ring (bicyclic) bond motifs is 1. The molecule has 1 aromatic carbocycles.